The second-order valence-corrected chi connectivity index (χ2v) is 7.20. The lowest BCUT2D eigenvalue weighted by Gasteiger charge is -2.16. The van der Waals surface area contributed by atoms with Gasteiger partial charge in [-0.15, -0.1) is 0 Å². The third kappa shape index (κ3) is 5.17. The zero-order chi connectivity index (χ0) is 19.2. The van der Waals surface area contributed by atoms with Crippen molar-refractivity contribution >= 4 is 39.3 Å². The number of anilines is 1. The molecule has 0 aliphatic carbocycles. The van der Waals surface area contributed by atoms with Crippen molar-refractivity contribution in [3.05, 3.63) is 64.1 Å². The largest absolute Gasteiger partial charge is 0.350 e. The molecule has 3 amide bonds. The highest BCUT2D eigenvalue weighted by atomic mass is 79.9. The lowest BCUT2D eigenvalue weighted by Crippen LogP contribution is -2.36. The number of rotatable bonds is 6. The Labute approximate surface area is 166 Å². The van der Waals surface area contributed by atoms with Crippen molar-refractivity contribution in [2.24, 2.45) is 0 Å². The van der Waals surface area contributed by atoms with Gasteiger partial charge in [-0.25, -0.2) is 0 Å². The van der Waals surface area contributed by atoms with Crippen LogP contribution in [-0.2, 0) is 16.1 Å². The van der Waals surface area contributed by atoms with E-state index in [9.17, 15) is 14.4 Å². The molecule has 0 atom stereocenters. The predicted molar refractivity (Wildman–Crippen MR) is 106 cm³/mol. The van der Waals surface area contributed by atoms with E-state index in [4.69, 9.17) is 0 Å². The summed E-state index contributed by atoms with van der Waals surface area (Å²) in [6.07, 6.45) is 1.49. The number of benzene rings is 2. The molecule has 140 valence electrons. The lowest BCUT2D eigenvalue weighted by atomic mass is 10.2. The highest BCUT2D eigenvalue weighted by Crippen LogP contribution is 2.21. The van der Waals surface area contributed by atoms with Gasteiger partial charge in [0.25, 0.3) is 5.91 Å². The van der Waals surface area contributed by atoms with Crippen molar-refractivity contribution in [1.82, 2.24) is 10.6 Å². The van der Waals surface area contributed by atoms with Crippen molar-refractivity contribution < 1.29 is 14.4 Å². The fourth-order valence-electron chi connectivity index (χ4n) is 2.84. The third-order valence-electron chi connectivity index (χ3n) is 4.33. The maximum absolute atomic E-state index is 12.0. The van der Waals surface area contributed by atoms with E-state index in [1.165, 1.54) is 0 Å². The van der Waals surface area contributed by atoms with E-state index in [2.05, 4.69) is 26.6 Å². The molecule has 0 spiro atoms. The second kappa shape index (κ2) is 8.81. The fraction of sp³-hybridized carbons (Fsp3) is 0.250. The first-order valence-corrected chi connectivity index (χ1v) is 9.52. The molecule has 0 bridgehead atoms. The zero-order valence-electron chi connectivity index (χ0n) is 14.7. The van der Waals surface area contributed by atoms with Crippen LogP contribution in [0.15, 0.2) is 53.0 Å². The highest BCUT2D eigenvalue weighted by Gasteiger charge is 2.21. The first-order valence-electron chi connectivity index (χ1n) is 8.73. The Hall–Kier alpha value is -2.67. The maximum atomic E-state index is 12.0. The number of amides is 3. The van der Waals surface area contributed by atoms with Crippen LogP contribution in [0.2, 0.25) is 0 Å². The summed E-state index contributed by atoms with van der Waals surface area (Å²) in [5, 5.41) is 5.37. The zero-order valence-corrected chi connectivity index (χ0v) is 16.3. The van der Waals surface area contributed by atoms with Gasteiger partial charge in [-0.3, -0.25) is 14.4 Å². The summed E-state index contributed by atoms with van der Waals surface area (Å²) in [6.45, 7) is 1.03. The minimum absolute atomic E-state index is 0.0880. The molecule has 3 rings (SSSR count). The minimum Gasteiger partial charge on any atom is -0.350 e. The molecule has 2 N–H and O–H groups in total. The quantitative estimate of drug-likeness (QED) is 0.740. The normalized spacial score (nSPS) is 13.5. The molecule has 1 aliphatic heterocycles. The molecule has 1 saturated heterocycles. The molecule has 6 nitrogen and oxygen atoms in total. The van der Waals surface area contributed by atoms with E-state index < -0.39 is 0 Å². The summed E-state index contributed by atoms with van der Waals surface area (Å²) in [7, 11) is 0. The van der Waals surface area contributed by atoms with Crippen molar-refractivity contribution in [3.63, 3.8) is 0 Å². The van der Waals surface area contributed by atoms with Crippen molar-refractivity contribution in [2.45, 2.75) is 19.4 Å². The molecule has 0 saturated carbocycles. The molecular weight excluding hydrogens is 410 g/mol. The number of carbonyl (C=O) groups is 3. The van der Waals surface area contributed by atoms with Crippen LogP contribution in [0.5, 0.6) is 0 Å². The molecule has 27 heavy (non-hydrogen) atoms. The molecule has 0 unspecified atom stereocenters. The molecule has 2 aromatic rings. The van der Waals surface area contributed by atoms with E-state index in [0.29, 0.717) is 18.5 Å². The number of halogens is 1. The van der Waals surface area contributed by atoms with Gasteiger partial charge in [0.1, 0.15) is 0 Å². The Balaban J connectivity index is 1.44. The smallest absolute Gasteiger partial charge is 0.251 e. The first-order chi connectivity index (χ1) is 13.0. The van der Waals surface area contributed by atoms with Crippen LogP contribution < -0.4 is 15.5 Å². The molecule has 2 aromatic carbocycles. The number of carbonyl (C=O) groups excluding carboxylic acids is 3. The van der Waals surface area contributed by atoms with E-state index in [0.717, 1.165) is 28.7 Å². The minimum atomic E-state index is -0.294. The molecule has 0 aromatic heterocycles. The molecule has 1 fully saturated rings. The molecule has 1 heterocycles. The average Bonchev–Trinajstić information content (AvgIpc) is 3.11. The van der Waals surface area contributed by atoms with Gasteiger partial charge in [0.05, 0.1) is 6.54 Å². The second-order valence-electron chi connectivity index (χ2n) is 6.28. The Kier molecular flexibility index (Phi) is 6.24. The SMILES string of the molecule is O=C(CNC(=O)c1ccc(Br)cc1)NCc1ccc(N2CCCC2=O)cc1. The van der Waals surface area contributed by atoms with Crippen LogP contribution in [0, 0.1) is 0 Å². The van der Waals surface area contributed by atoms with E-state index in [1.807, 2.05) is 24.3 Å². The number of hydrogen-bond acceptors (Lipinski definition) is 3. The molecule has 7 heteroatoms. The standard InChI is InChI=1S/C20H20BrN3O3/c21-16-7-5-15(6-8-16)20(27)23-13-18(25)22-12-14-3-9-17(10-4-14)24-11-1-2-19(24)26/h3-10H,1-2,11-13H2,(H,22,25)(H,23,27). The Morgan fingerprint density at radius 1 is 1.00 bits per heavy atom. The van der Waals surface area contributed by atoms with Crippen molar-refractivity contribution in [1.29, 1.82) is 0 Å². The molecule has 1 aliphatic rings. The monoisotopic (exact) mass is 429 g/mol. The van der Waals surface area contributed by atoms with Gasteiger partial charge in [-0.2, -0.15) is 0 Å². The van der Waals surface area contributed by atoms with Crippen LogP contribution >= 0.6 is 15.9 Å². The van der Waals surface area contributed by atoms with Crippen LogP contribution in [0.4, 0.5) is 5.69 Å². The topological polar surface area (TPSA) is 78.5 Å². The molecule has 0 radical (unpaired) electrons. The molecular formula is C20H20BrN3O3. The van der Waals surface area contributed by atoms with Crippen LogP contribution in [-0.4, -0.2) is 30.8 Å². The first kappa shape index (κ1) is 19.1. The Bertz CT molecular complexity index is 835. The van der Waals surface area contributed by atoms with Gasteiger partial charge in [0.2, 0.25) is 11.8 Å². The van der Waals surface area contributed by atoms with Crippen molar-refractivity contribution in [2.75, 3.05) is 18.0 Å². The Morgan fingerprint density at radius 2 is 1.70 bits per heavy atom. The highest BCUT2D eigenvalue weighted by molar-refractivity contribution is 9.10. The number of nitrogens with zero attached hydrogens (tertiary/aromatic N) is 1. The van der Waals surface area contributed by atoms with Gasteiger partial charge in [-0.1, -0.05) is 28.1 Å². The van der Waals surface area contributed by atoms with Crippen LogP contribution in [0.25, 0.3) is 0 Å². The number of nitrogens with one attached hydrogen (secondary N) is 2. The third-order valence-corrected chi connectivity index (χ3v) is 4.86. The average molecular weight is 430 g/mol. The van der Waals surface area contributed by atoms with Crippen LogP contribution in [0.1, 0.15) is 28.8 Å². The summed E-state index contributed by atoms with van der Waals surface area (Å²) >= 11 is 3.31. The lowest BCUT2D eigenvalue weighted by molar-refractivity contribution is -0.120. The van der Waals surface area contributed by atoms with Gasteiger partial charge < -0.3 is 15.5 Å². The van der Waals surface area contributed by atoms with Gasteiger partial charge in [-0.05, 0) is 48.4 Å². The van der Waals surface area contributed by atoms with Crippen molar-refractivity contribution in [3.8, 4) is 0 Å². The summed E-state index contributed by atoms with van der Waals surface area (Å²) in [5.74, 6) is -0.408. The van der Waals surface area contributed by atoms with E-state index >= 15 is 0 Å². The Morgan fingerprint density at radius 3 is 2.33 bits per heavy atom. The summed E-state index contributed by atoms with van der Waals surface area (Å²) < 4.78 is 0.886. The number of hydrogen-bond donors (Lipinski definition) is 2. The fourth-order valence-corrected chi connectivity index (χ4v) is 3.11. The summed E-state index contributed by atoms with van der Waals surface area (Å²) in [4.78, 5) is 37.5. The van der Waals surface area contributed by atoms with E-state index in [1.54, 1.807) is 29.2 Å². The summed E-state index contributed by atoms with van der Waals surface area (Å²) in [5.41, 5.74) is 2.31. The van der Waals surface area contributed by atoms with Gasteiger partial charge >= 0.3 is 0 Å². The van der Waals surface area contributed by atoms with Gasteiger partial charge in [0.15, 0.2) is 0 Å². The van der Waals surface area contributed by atoms with E-state index in [-0.39, 0.29) is 24.3 Å². The van der Waals surface area contributed by atoms with Crippen LogP contribution in [0.3, 0.4) is 0 Å². The maximum Gasteiger partial charge on any atom is 0.251 e. The van der Waals surface area contributed by atoms with Gasteiger partial charge in [0, 0.05) is 35.2 Å². The summed E-state index contributed by atoms with van der Waals surface area (Å²) in [6, 6.07) is 14.5. The predicted octanol–water partition coefficient (Wildman–Crippen LogP) is 2.62.